The predicted octanol–water partition coefficient (Wildman–Crippen LogP) is 3.53. The number of ether oxygens (including phenoxy) is 2. The molecule has 5 rings (SSSR count). The van der Waals surface area contributed by atoms with Gasteiger partial charge >= 0.3 is 5.69 Å². The highest BCUT2D eigenvalue weighted by molar-refractivity contribution is 5.80. The molecule has 0 unspecified atom stereocenters. The van der Waals surface area contributed by atoms with E-state index < -0.39 is 11.2 Å². The SMILES string of the molecule is CCCCOc1ccccc1-n1c(-c2cccc(OC)c2)cn2c3c(=O)n(C)c(=O)n(C)c3nc12. The third-order valence-electron chi connectivity index (χ3n) is 6.19. The van der Waals surface area contributed by atoms with Gasteiger partial charge in [0, 0.05) is 25.9 Å². The number of para-hydroxylation sites is 2. The topological polar surface area (TPSA) is 84.7 Å². The average Bonchev–Trinajstić information content (AvgIpc) is 3.43. The molecule has 3 heterocycles. The number of nitrogens with zero attached hydrogens (tertiary/aromatic N) is 5. The maximum atomic E-state index is 13.1. The van der Waals surface area contributed by atoms with Crippen molar-refractivity contribution in [1.82, 2.24) is 23.1 Å². The summed E-state index contributed by atoms with van der Waals surface area (Å²) >= 11 is 0. The number of hydrogen-bond donors (Lipinski definition) is 0. The Morgan fingerprint density at radius 3 is 2.57 bits per heavy atom. The fraction of sp³-hybridized carbons (Fsp3) is 0.269. The molecule has 0 saturated carbocycles. The molecule has 0 aliphatic rings. The van der Waals surface area contributed by atoms with E-state index >= 15 is 0 Å². The summed E-state index contributed by atoms with van der Waals surface area (Å²) in [6, 6.07) is 15.5. The zero-order chi connectivity index (χ0) is 24.7. The van der Waals surface area contributed by atoms with E-state index in [0.717, 1.165) is 34.4 Å². The summed E-state index contributed by atoms with van der Waals surface area (Å²) in [4.78, 5) is 30.5. The number of aryl methyl sites for hydroxylation is 1. The maximum Gasteiger partial charge on any atom is 0.332 e. The number of hydrogen-bond acceptors (Lipinski definition) is 5. The van der Waals surface area contributed by atoms with Crippen molar-refractivity contribution in [1.29, 1.82) is 0 Å². The minimum atomic E-state index is -0.425. The van der Waals surface area contributed by atoms with Crippen LogP contribution in [0.15, 0.2) is 64.3 Å². The molecule has 9 heteroatoms. The Morgan fingerprint density at radius 1 is 1.00 bits per heavy atom. The first-order valence-corrected chi connectivity index (χ1v) is 11.5. The van der Waals surface area contributed by atoms with Gasteiger partial charge in [-0.1, -0.05) is 37.6 Å². The van der Waals surface area contributed by atoms with Gasteiger partial charge in [0.15, 0.2) is 11.2 Å². The van der Waals surface area contributed by atoms with Gasteiger partial charge < -0.3 is 9.47 Å². The third-order valence-corrected chi connectivity index (χ3v) is 6.19. The van der Waals surface area contributed by atoms with E-state index in [0.29, 0.717) is 35.0 Å². The summed E-state index contributed by atoms with van der Waals surface area (Å²) in [5.41, 5.74) is 2.29. The Balaban J connectivity index is 1.88. The molecular formula is C26H27N5O4. The second kappa shape index (κ2) is 8.83. The number of aromatic nitrogens is 5. The lowest BCUT2D eigenvalue weighted by Crippen LogP contribution is -2.37. The first-order chi connectivity index (χ1) is 17.0. The first-order valence-electron chi connectivity index (χ1n) is 11.5. The van der Waals surface area contributed by atoms with Crippen molar-refractivity contribution in [3.8, 4) is 28.4 Å². The molecule has 0 aliphatic carbocycles. The number of imidazole rings is 2. The quantitative estimate of drug-likeness (QED) is 0.338. The number of fused-ring (bicyclic) bond motifs is 3. The van der Waals surface area contributed by atoms with E-state index in [1.165, 1.54) is 11.6 Å². The normalized spacial score (nSPS) is 11.4. The molecule has 0 atom stereocenters. The van der Waals surface area contributed by atoms with E-state index in [9.17, 15) is 9.59 Å². The van der Waals surface area contributed by atoms with Crippen molar-refractivity contribution in [2.75, 3.05) is 13.7 Å². The second-order valence-corrected chi connectivity index (χ2v) is 8.41. The van der Waals surface area contributed by atoms with Crippen molar-refractivity contribution in [3.63, 3.8) is 0 Å². The molecule has 2 aromatic carbocycles. The molecule has 180 valence electrons. The molecule has 0 aliphatic heterocycles. The zero-order valence-corrected chi connectivity index (χ0v) is 20.2. The molecule has 0 spiro atoms. The van der Waals surface area contributed by atoms with Gasteiger partial charge in [-0.05, 0) is 30.7 Å². The van der Waals surface area contributed by atoms with Crippen molar-refractivity contribution in [2.45, 2.75) is 19.8 Å². The zero-order valence-electron chi connectivity index (χ0n) is 20.2. The van der Waals surface area contributed by atoms with Crippen molar-refractivity contribution in [2.24, 2.45) is 14.1 Å². The fourth-order valence-electron chi connectivity index (χ4n) is 4.28. The van der Waals surface area contributed by atoms with Gasteiger partial charge in [0.2, 0.25) is 5.78 Å². The van der Waals surface area contributed by atoms with E-state index in [1.54, 1.807) is 18.6 Å². The average molecular weight is 474 g/mol. The molecular weight excluding hydrogens is 446 g/mol. The lowest BCUT2D eigenvalue weighted by Gasteiger charge is -2.15. The lowest BCUT2D eigenvalue weighted by atomic mass is 10.1. The Labute approximate surface area is 201 Å². The number of benzene rings is 2. The molecule has 5 aromatic rings. The van der Waals surface area contributed by atoms with Gasteiger partial charge in [-0.2, -0.15) is 4.98 Å². The van der Waals surface area contributed by atoms with Crippen LogP contribution in [-0.4, -0.2) is 36.8 Å². The van der Waals surface area contributed by atoms with Crippen molar-refractivity contribution < 1.29 is 9.47 Å². The largest absolute Gasteiger partial charge is 0.497 e. The molecule has 3 aromatic heterocycles. The van der Waals surface area contributed by atoms with Gasteiger partial charge in [-0.3, -0.25) is 22.9 Å². The van der Waals surface area contributed by atoms with Gasteiger partial charge in [-0.25, -0.2) is 4.79 Å². The maximum absolute atomic E-state index is 13.1. The van der Waals surface area contributed by atoms with Crippen molar-refractivity contribution in [3.05, 3.63) is 75.6 Å². The molecule has 0 N–H and O–H groups in total. The molecule has 9 nitrogen and oxygen atoms in total. The van der Waals surface area contributed by atoms with Crippen LogP contribution >= 0.6 is 0 Å². The van der Waals surface area contributed by atoms with Crippen LogP contribution in [0.4, 0.5) is 0 Å². The Hall–Kier alpha value is -4.27. The monoisotopic (exact) mass is 473 g/mol. The Kier molecular flexibility index (Phi) is 5.68. The van der Waals surface area contributed by atoms with Gasteiger partial charge in [0.25, 0.3) is 5.56 Å². The summed E-state index contributed by atoms with van der Waals surface area (Å²) in [7, 11) is 4.71. The van der Waals surface area contributed by atoms with Crippen LogP contribution in [0.1, 0.15) is 19.8 Å². The van der Waals surface area contributed by atoms with Crippen LogP contribution in [0, 0.1) is 0 Å². The molecule has 0 amide bonds. The number of rotatable bonds is 7. The van der Waals surface area contributed by atoms with Crippen LogP contribution in [0.2, 0.25) is 0 Å². The standard InChI is InChI=1S/C26H27N5O4/c1-5-6-14-35-21-13-8-7-12-19(21)31-20(17-10-9-11-18(15-17)34-4)16-30-22-23(27-25(30)31)28(2)26(33)29(3)24(22)32/h7-13,15-16H,5-6,14H2,1-4H3. The van der Waals surface area contributed by atoms with Crippen LogP contribution in [0.25, 0.3) is 33.9 Å². The van der Waals surface area contributed by atoms with Gasteiger partial charge in [0.1, 0.15) is 11.5 Å². The van der Waals surface area contributed by atoms with E-state index in [1.807, 2.05) is 59.3 Å². The molecule has 0 fully saturated rings. The van der Waals surface area contributed by atoms with Gasteiger partial charge in [0.05, 0.1) is 25.1 Å². The molecule has 35 heavy (non-hydrogen) atoms. The second-order valence-electron chi connectivity index (χ2n) is 8.41. The summed E-state index contributed by atoms with van der Waals surface area (Å²) in [6.07, 6.45) is 3.83. The lowest BCUT2D eigenvalue weighted by molar-refractivity contribution is 0.308. The number of methoxy groups -OCH3 is 1. The smallest absolute Gasteiger partial charge is 0.332 e. The van der Waals surface area contributed by atoms with E-state index in [4.69, 9.17) is 14.5 Å². The summed E-state index contributed by atoms with van der Waals surface area (Å²) in [5, 5.41) is 0. The van der Waals surface area contributed by atoms with E-state index in [2.05, 4.69) is 6.92 Å². The highest BCUT2D eigenvalue weighted by Gasteiger charge is 2.23. The highest BCUT2D eigenvalue weighted by atomic mass is 16.5. The summed E-state index contributed by atoms with van der Waals surface area (Å²) in [6.45, 7) is 2.71. The van der Waals surface area contributed by atoms with Crippen LogP contribution in [0.5, 0.6) is 11.5 Å². The van der Waals surface area contributed by atoms with Crippen molar-refractivity contribution >= 4 is 16.9 Å². The first kappa shape index (κ1) is 22.5. The van der Waals surface area contributed by atoms with Crippen LogP contribution in [0.3, 0.4) is 0 Å². The summed E-state index contributed by atoms with van der Waals surface area (Å²) in [5.74, 6) is 1.92. The fourth-order valence-corrected chi connectivity index (χ4v) is 4.28. The van der Waals surface area contributed by atoms with Gasteiger partial charge in [-0.15, -0.1) is 0 Å². The molecule has 0 bridgehead atoms. The Bertz CT molecular complexity index is 1670. The number of unbranched alkanes of at least 4 members (excludes halogenated alkanes) is 1. The molecule has 0 radical (unpaired) electrons. The summed E-state index contributed by atoms with van der Waals surface area (Å²) < 4.78 is 17.8. The minimum absolute atomic E-state index is 0.323. The van der Waals surface area contributed by atoms with E-state index in [-0.39, 0.29) is 0 Å². The highest BCUT2D eigenvalue weighted by Crippen LogP contribution is 2.34. The third kappa shape index (κ3) is 3.60. The van der Waals surface area contributed by atoms with Crippen LogP contribution in [-0.2, 0) is 14.1 Å². The van der Waals surface area contributed by atoms with Crippen LogP contribution < -0.4 is 20.7 Å². The minimum Gasteiger partial charge on any atom is -0.497 e. The Morgan fingerprint density at radius 2 is 1.80 bits per heavy atom. The molecule has 0 saturated heterocycles. The predicted molar refractivity (Wildman–Crippen MR) is 135 cm³/mol.